The Bertz CT molecular complexity index is 623. The van der Waals surface area contributed by atoms with Gasteiger partial charge in [0, 0.05) is 11.5 Å². The Labute approximate surface area is 138 Å². The van der Waals surface area contributed by atoms with Crippen LogP contribution in [0, 0.1) is 35.0 Å². The Kier molecular flexibility index (Phi) is 3.81. The first-order chi connectivity index (χ1) is 10.7. The monoisotopic (exact) mass is 316 g/mol. The molecule has 2 saturated carbocycles. The summed E-state index contributed by atoms with van der Waals surface area (Å²) in [6.07, 6.45) is 5.15. The molecule has 0 saturated heterocycles. The van der Waals surface area contributed by atoms with Crippen LogP contribution in [0.15, 0.2) is 23.0 Å². The number of aliphatic hydroxyl groups is 1. The van der Waals surface area contributed by atoms with E-state index in [1.807, 2.05) is 0 Å². The van der Waals surface area contributed by atoms with Crippen LogP contribution in [0.2, 0.25) is 0 Å². The van der Waals surface area contributed by atoms with Gasteiger partial charge in [-0.1, -0.05) is 25.5 Å². The molecule has 3 aliphatic rings. The molecule has 126 valence electrons. The third kappa shape index (κ3) is 2.01. The molecule has 3 heteroatoms. The molecule has 0 unspecified atom stereocenters. The number of Topliss-reactive ketones (excluding diaryl/α,β-unsaturated/α-hetero) is 2. The fourth-order valence-electron chi connectivity index (χ4n) is 5.90. The van der Waals surface area contributed by atoms with Crippen molar-refractivity contribution in [2.75, 3.05) is 0 Å². The minimum absolute atomic E-state index is 0.0306. The van der Waals surface area contributed by atoms with E-state index < -0.39 is 5.41 Å². The molecule has 0 radical (unpaired) electrons. The average Bonchev–Trinajstić information content (AvgIpc) is 2.75. The summed E-state index contributed by atoms with van der Waals surface area (Å²) in [6, 6.07) is 0. The number of hydrogen-bond donors (Lipinski definition) is 1. The summed E-state index contributed by atoms with van der Waals surface area (Å²) < 4.78 is 0. The van der Waals surface area contributed by atoms with E-state index in [-0.39, 0.29) is 46.6 Å². The van der Waals surface area contributed by atoms with Crippen molar-refractivity contribution in [3.63, 3.8) is 0 Å². The smallest absolute Gasteiger partial charge is 0.201 e. The number of ketones is 2. The molecule has 0 amide bonds. The Morgan fingerprint density at radius 3 is 2.43 bits per heavy atom. The van der Waals surface area contributed by atoms with Gasteiger partial charge >= 0.3 is 0 Å². The summed E-state index contributed by atoms with van der Waals surface area (Å²) in [4.78, 5) is 26.3. The highest BCUT2D eigenvalue weighted by Gasteiger charge is 2.67. The van der Waals surface area contributed by atoms with Crippen LogP contribution < -0.4 is 0 Å². The molecular formula is C20H28O3. The maximum Gasteiger partial charge on any atom is 0.201 e. The van der Waals surface area contributed by atoms with Gasteiger partial charge in [-0.25, -0.2) is 0 Å². The van der Waals surface area contributed by atoms with Crippen LogP contribution in [0.1, 0.15) is 53.9 Å². The van der Waals surface area contributed by atoms with Gasteiger partial charge in [0.05, 0.1) is 5.41 Å². The van der Waals surface area contributed by atoms with Crippen molar-refractivity contribution in [3.8, 4) is 0 Å². The van der Waals surface area contributed by atoms with Crippen LogP contribution in [-0.2, 0) is 9.59 Å². The summed E-state index contributed by atoms with van der Waals surface area (Å²) in [5.74, 6) is 0.149. The summed E-state index contributed by atoms with van der Waals surface area (Å²) in [6.45, 7) is 10.0. The van der Waals surface area contributed by atoms with Crippen molar-refractivity contribution in [1.29, 1.82) is 0 Å². The molecule has 1 spiro atoms. The predicted octanol–water partition coefficient (Wildman–Crippen LogP) is 4.24. The molecule has 3 rings (SSSR count). The highest BCUT2D eigenvalue weighted by atomic mass is 16.3. The summed E-state index contributed by atoms with van der Waals surface area (Å²) in [5, 5.41) is 10.2. The fraction of sp³-hybridized carbons (Fsp3) is 0.700. The Morgan fingerprint density at radius 2 is 1.83 bits per heavy atom. The Hall–Kier alpha value is -1.38. The third-order valence-corrected chi connectivity index (χ3v) is 6.70. The lowest BCUT2D eigenvalue weighted by molar-refractivity contribution is -0.152. The predicted molar refractivity (Wildman–Crippen MR) is 89.9 cm³/mol. The number of allylic oxidation sites excluding steroid dienone is 4. The molecule has 23 heavy (non-hydrogen) atoms. The topological polar surface area (TPSA) is 54.4 Å². The first-order valence-corrected chi connectivity index (χ1v) is 8.86. The number of hydrogen-bond acceptors (Lipinski definition) is 3. The Morgan fingerprint density at radius 1 is 1.17 bits per heavy atom. The van der Waals surface area contributed by atoms with E-state index >= 15 is 0 Å². The molecule has 3 nitrogen and oxygen atoms in total. The molecule has 0 aromatic heterocycles. The minimum atomic E-state index is -0.623. The highest BCUT2D eigenvalue weighted by molar-refractivity contribution is 6.15. The maximum atomic E-state index is 13.4. The zero-order valence-electron chi connectivity index (χ0n) is 14.8. The van der Waals surface area contributed by atoms with Crippen LogP contribution in [0.4, 0.5) is 0 Å². The van der Waals surface area contributed by atoms with E-state index in [4.69, 9.17) is 0 Å². The van der Waals surface area contributed by atoms with Gasteiger partial charge in [-0.3, -0.25) is 9.59 Å². The molecule has 2 fully saturated rings. The highest BCUT2D eigenvalue weighted by Crippen LogP contribution is 2.65. The van der Waals surface area contributed by atoms with E-state index in [0.29, 0.717) is 5.92 Å². The molecular weight excluding hydrogens is 288 g/mol. The molecule has 0 aromatic carbocycles. The van der Waals surface area contributed by atoms with Crippen molar-refractivity contribution in [3.05, 3.63) is 23.0 Å². The SMILES string of the molecule is CC(C)=C[C@@H]1C[C@H](C)[C@H]2CC[C@H](C)[C@H]3C(=O)C(O)=C(C)C(=O)[C@@]123. The van der Waals surface area contributed by atoms with Crippen molar-refractivity contribution in [2.24, 2.45) is 35.0 Å². The van der Waals surface area contributed by atoms with Gasteiger partial charge in [0.2, 0.25) is 5.78 Å². The zero-order valence-corrected chi connectivity index (χ0v) is 14.8. The fourth-order valence-corrected chi connectivity index (χ4v) is 5.90. The molecule has 0 bridgehead atoms. The lowest BCUT2D eigenvalue weighted by atomic mass is 9.48. The van der Waals surface area contributed by atoms with Crippen LogP contribution in [-0.4, -0.2) is 16.7 Å². The van der Waals surface area contributed by atoms with Gasteiger partial charge < -0.3 is 5.11 Å². The zero-order chi connectivity index (χ0) is 17.1. The third-order valence-electron chi connectivity index (χ3n) is 6.70. The lowest BCUT2D eigenvalue weighted by Crippen LogP contribution is -2.57. The number of carbonyl (C=O) groups is 2. The van der Waals surface area contributed by atoms with Crippen molar-refractivity contribution >= 4 is 11.6 Å². The molecule has 0 heterocycles. The van der Waals surface area contributed by atoms with Crippen LogP contribution in [0.25, 0.3) is 0 Å². The van der Waals surface area contributed by atoms with Gasteiger partial charge in [0.15, 0.2) is 11.5 Å². The van der Waals surface area contributed by atoms with E-state index in [2.05, 4.69) is 33.8 Å². The van der Waals surface area contributed by atoms with Crippen LogP contribution >= 0.6 is 0 Å². The standard InChI is InChI=1S/C20H28O3/c1-10(2)8-14-9-12(4)15-7-6-11(3)16-18(22)17(21)13(5)19(23)20(14,15)16/h8,11-12,14-16,21H,6-7,9H2,1-5H3/t11-,12-,14+,15+,16-,20-/m0/s1. The first kappa shape index (κ1) is 16.5. The normalized spacial score (nSPS) is 43.3. The molecule has 6 atom stereocenters. The number of aliphatic hydroxyl groups excluding tert-OH is 1. The van der Waals surface area contributed by atoms with Crippen molar-refractivity contribution in [2.45, 2.75) is 53.9 Å². The number of rotatable bonds is 1. The van der Waals surface area contributed by atoms with Gasteiger partial charge in [0.1, 0.15) is 0 Å². The number of carbonyl (C=O) groups excluding carboxylic acids is 2. The average molecular weight is 316 g/mol. The van der Waals surface area contributed by atoms with E-state index in [0.717, 1.165) is 19.3 Å². The van der Waals surface area contributed by atoms with Gasteiger partial charge in [-0.15, -0.1) is 0 Å². The second kappa shape index (κ2) is 5.32. The van der Waals surface area contributed by atoms with Crippen LogP contribution in [0.5, 0.6) is 0 Å². The first-order valence-electron chi connectivity index (χ1n) is 8.86. The minimum Gasteiger partial charge on any atom is -0.504 e. The van der Waals surface area contributed by atoms with Gasteiger partial charge in [-0.2, -0.15) is 0 Å². The summed E-state index contributed by atoms with van der Waals surface area (Å²) in [7, 11) is 0. The summed E-state index contributed by atoms with van der Waals surface area (Å²) >= 11 is 0. The van der Waals surface area contributed by atoms with Gasteiger partial charge in [0.25, 0.3) is 0 Å². The lowest BCUT2D eigenvalue weighted by Gasteiger charge is -2.52. The molecule has 3 aliphatic carbocycles. The van der Waals surface area contributed by atoms with Crippen molar-refractivity contribution in [1.82, 2.24) is 0 Å². The van der Waals surface area contributed by atoms with Gasteiger partial charge in [-0.05, 0) is 63.7 Å². The Balaban J connectivity index is 2.27. The largest absolute Gasteiger partial charge is 0.504 e. The van der Waals surface area contributed by atoms with E-state index in [1.54, 1.807) is 6.92 Å². The quantitative estimate of drug-likeness (QED) is 0.736. The molecule has 1 N–H and O–H groups in total. The van der Waals surface area contributed by atoms with Crippen LogP contribution in [0.3, 0.4) is 0 Å². The van der Waals surface area contributed by atoms with E-state index in [9.17, 15) is 14.7 Å². The van der Waals surface area contributed by atoms with E-state index in [1.165, 1.54) is 5.57 Å². The maximum absolute atomic E-state index is 13.4. The second-order valence-electron chi connectivity index (χ2n) is 8.30. The molecule has 0 aliphatic heterocycles. The molecule has 0 aromatic rings. The summed E-state index contributed by atoms with van der Waals surface area (Å²) in [5.41, 5.74) is 0.861. The second-order valence-corrected chi connectivity index (χ2v) is 8.30. The van der Waals surface area contributed by atoms with Crippen molar-refractivity contribution < 1.29 is 14.7 Å².